The molecule has 0 saturated heterocycles. The summed E-state index contributed by atoms with van der Waals surface area (Å²) >= 11 is 5.91. The molecule has 0 aliphatic rings. The fraction of sp³-hybridized carbons (Fsp3) is 0.231. The molecule has 1 N–H and O–H groups in total. The highest BCUT2D eigenvalue weighted by atomic mass is 35.5. The van der Waals surface area contributed by atoms with Gasteiger partial charge in [0.05, 0.1) is 12.4 Å². The molecule has 0 saturated carbocycles. The first kappa shape index (κ1) is 12.8. The zero-order chi connectivity index (χ0) is 12.8. The van der Waals surface area contributed by atoms with E-state index in [0.717, 1.165) is 18.8 Å². The number of alkyl halides is 1. The van der Waals surface area contributed by atoms with Crippen LogP contribution in [0.5, 0.6) is 0 Å². The van der Waals surface area contributed by atoms with Crippen LogP contribution >= 0.6 is 11.6 Å². The molecule has 0 spiro atoms. The van der Waals surface area contributed by atoms with Crippen molar-refractivity contribution in [2.75, 3.05) is 11.2 Å². The number of nitrogens with one attached hydrogen (secondary N) is 1. The molecule has 0 radical (unpaired) electrons. The van der Waals surface area contributed by atoms with Crippen molar-refractivity contribution in [3.05, 3.63) is 54.1 Å². The van der Waals surface area contributed by atoms with E-state index in [0.29, 0.717) is 11.8 Å². The molecule has 94 valence electrons. The van der Waals surface area contributed by atoms with E-state index < -0.39 is 5.82 Å². The highest BCUT2D eigenvalue weighted by molar-refractivity contribution is 6.18. The Morgan fingerprint density at radius 2 is 1.83 bits per heavy atom. The third-order valence-corrected chi connectivity index (χ3v) is 2.84. The van der Waals surface area contributed by atoms with Crippen LogP contribution in [-0.4, -0.2) is 21.9 Å². The summed E-state index contributed by atoms with van der Waals surface area (Å²) in [6.45, 7) is 0. The summed E-state index contributed by atoms with van der Waals surface area (Å²) in [4.78, 5) is 7.70. The van der Waals surface area contributed by atoms with Crippen molar-refractivity contribution >= 4 is 17.5 Å². The van der Waals surface area contributed by atoms with Crippen LogP contribution in [0.4, 0.5) is 10.3 Å². The molecule has 3 nitrogen and oxygen atoms in total. The van der Waals surface area contributed by atoms with Crippen LogP contribution in [0.25, 0.3) is 0 Å². The largest absolute Gasteiger partial charge is 0.350 e. The Morgan fingerprint density at radius 3 is 2.44 bits per heavy atom. The van der Waals surface area contributed by atoms with E-state index in [2.05, 4.69) is 15.3 Å². The van der Waals surface area contributed by atoms with Crippen LogP contribution < -0.4 is 5.32 Å². The fourth-order valence-electron chi connectivity index (χ4n) is 1.61. The van der Waals surface area contributed by atoms with Crippen LogP contribution in [-0.2, 0) is 6.42 Å². The van der Waals surface area contributed by atoms with Gasteiger partial charge < -0.3 is 5.32 Å². The van der Waals surface area contributed by atoms with Crippen molar-refractivity contribution in [2.45, 2.75) is 12.5 Å². The molecule has 0 aliphatic carbocycles. The summed E-state index contributed by atoms with van der Waals surface area (Å²) in [6.07, 6.45) is 3.03. The van der Waals surface area contributed by atoms with Gasteiger partial charge in [0.1, 0.15) is 0 Å². The van der Waals surface area contributed by atoms with Gasteiger partial charge in [-0.2, -0.15) is 0 Å². The third-order valence-electron chi connectivity index (χ3n) is 2.46. The Kier molecular flexibility index (Phi) is 4.47. The van der Waals surface area contributed by atoms with Gasteiger partial charge in [-0.05, 0) is 12.0 Å². The fourth-order valence-corrected chi connectivity index (χ4v) is 1.80. The number of anilines is 1. The van der Waals surface area contributed by atoms with Crippen molar-refractivity contribution in [1.82, 2.24) is 9.97 Å². The second-order valence-corrected chi connectivity index (χ2v) is 4.22. The smallest absolute Gasteiger partial charge is 0.223 e. The van der Waals surface area contributed by atoms with Crippen LogP contribution in [0, 0.1) is 5.82 Å². The Labute approximate surface area is 110 Å². The number of benzene rings is 1. The number of aromatic nitrogens is 2. The molecule has 0 amide bonds. The molecule has 18 heavy (non-hydrogen) atoms. The summed E-state index contributed by atoms with van der Waals surface area (Å²) < 4.78 is 12.7. The Bertz CT molecular complexity index is 475. The highest BCUT2D eigenvalue weighted by Gasteiger charge is 2.09. The normalized spacial score (nSPS) is 12.1. The molecule has 1 atom stereocenters. The van der Waals surface area contributed by atoms with Crippen LogP contribution in [0.15, 0.2) is 42.7 Å². The van der Waals surface area contributed by atoms with E-state index in [1.54, 1.807) is 0 Å². The van der Waals surface area contributed by atoms with Crippen molar-refractivity contribution in [3.8, 4) is 0 Å². The summed E-state index contributed by atoms with van der Waals surface area (Å²) in [6, 6.07) is 10.0. The van der Waals surface area contributed by atoms with Crippen LogP contribution in [0.3, 0.4) is 0 Å². The zero-order valence-corrected chi connectivity index (χ0v) is 10.4. The Balaban J connectivity index is 1.99. The van der Waals surface area contributed by atoms with Gasteiger partial charge >= 0.3 is 0 Å². The molecule has 0 aliphatic heterocycles. The third kappa shape index (κ3) is 3.67. The minimum absolute atomic E-state index is 0.0135. The van der Waals surface area contributed by atoms with Gasteiger partial charge in [0, 0.05) is 11.9 Å². The molecule has 2 rings (SSSR count). The van der Waals surface area contributed by atoms with Crippen molar-refractivity contribution in [2.24, 2.45) is 0 Å². The van der Waals surface area contributed by atoms with E-state index in [1.165, 1.54) is 5.56 Å². The average molecular weight is 266 g/mol. The zero-order valence-electron chi connectivity index (χ0n) is 9.68. The molecular weight excluding hydrogens is 253 g/mol. The topological polar surface area (TPSA) is 37.8 Å². The SMILES string of the molecule is Fc1cnc(NC(CCl)Cc2ccccc2)nc1. The van der Waals surface area contributed by atoms with Gasteiger partial charge in [0.25, 0.3) is 0 Å². The summed E-state index contributed by atoms with van der Waals surface area (Å²) in [5.74, 6) is 0.360. The van der Waals surface area contributed by atoms with Gasteiger partial charge in [-0.15, -0.1) is 11.6 Å². The number of nitrogens with zero attached hydrogens (tertiary/aromatic N) is 2. The first-order valence-corrected chi connectivity index (χ1v) is 6.15. The lowest BCUT2D eigenvalue weighted by molar-refractivity contribution is 0.613. The van der Waals surface area contributed by atoms with Crippen LogP contribution in [0.2, 0.25) is 0 Å². The van der Waals surface area contributed by atoms with Crippen molar-refractivity contribution < 1.29 is 4.39 Å². The monoisotopic (exact) mass is 265 g/mol. The number of hydrogen-bond acceptors (Lipinski definition) is 3. The Morgan fingerprint density at radius 1 is 1.17 bits per heavy atom. The van der Waals surface area contributed by atoms with Gasteiger partial charge in [0.15, 0.2) is 5.82 Å². The summed E-state index contributed by atoms with van der Waals surface area (Å²) in [5, 5.41) is 3.08. The predicted molar refractivity (Wildman–Crippen MR) is 70.3 cm³/mol. The van der Waals surface area contributed by atoms with Gasteiger partial charge in [-0.25, -0.2) is 14.4 Å². The van der Waals surface area contributed by atoms with E-state index >= 15 is 0 Å². The van der Waals surface area contributed by atoms with Crippen molar-refractivity contribution in [3.63, 3.8) is 0 Å². The molecule has 1 heterocycles. The second kappa shape index (κ2) is 6.31. The standard InChI is InChI=1S/C13H13ClFN3/c14-7-12(6-10-4-2-1-3-5-10)18-13-16-8-11(15)9-17-13/h1-5,8-9,12H,6-7H2,(H,16,17,18). The molecule has 0 fully saturated rings. The first-order valence-electron chi connectivity index (χ1n) is 5.62. The molecule has 0 bridgehead atoms. The number of halogens is 2. The quantitative estimate of drug-likeness (QED) is 0.845. The maximum Gasteiger partial charge on any atom is 0.223 e. The predicted octanol–water partition coefficient (Wildman–Crippen LogP) is 2.88. The minimum Gasteiger partial charge on any atom is -0.350 e. The van der Waals surface area contributed by atoms with Crippen molar-refractivity contribution in [1.29, 1.82) is 0 Å². The molecule has 5 heteroatoms. The maximum absolute atomic E-state index is 12.7. The van der Waals surface area contributed by atoms with E-state index in [-0.39, 0.29) is 6.04 Å². The molecular formula is C13H13ClFN3. The van der Waals surface area contributed by atoms with Gasteiger partial charge in [-0.1, -0.05) is 30.3 Å². The first-order chi connectivity index (χ1) is 8.78. The highest BCUT2D eigenvalue weighted by Crippen LogP contribution is 2.08. The average Bonchev–Trinajstić information content (AvgIpc) is 2.41. The second-order valence-electron chi connectivity index (χ2n) is 3.91. The number of rotatable bonds is 5. The number of hydrogen-bond donors (Lipinski definition) is 1. The lowest BCUT2D eigenvalue weighted by Crippen LogP contribution is -2.25. The Hall–Kier alpha value is -1.68. The summed E-state index contributed by atoms with van der Waals surface area (Å²) in [7, 11) is 0. The maximum atomic E-state index is 12.7. The minimum atomic E-state index is -0.453. The van der Waals surface area contributed by atoms with E-state index in [4.69, 9.17) is 11.6 Å². The van der Waals surface area contributed by atoms with E-state index in [1.807, 2.05) is 30.3 Å². The molecule has 1 aromatic heterocycles. The molecule has 1 unspecified atom stereocenters. The summed E-state index contributed by atoms with van der Waals surface area (Å²) in [5.41, 5.74) is 1.18. The molecule has 2 aromatic rings. The lowest BCUT2D eigenvalue weighted by atomic mass is 10.1. The van der Waals surface area contributed by atoms with Gasteiger partial charge in [0.2, 0.25) is 5.95 Å². The molecule has 1 aromatic carbocycles. The van der Waals surface area contributed by atoms with E-state index in [9.17, 15) is 4.39 Å². The lowest BCUT2D eigenvalue weighted by Gasteiger charge is -2.15. The van der Waals surface area contributed by atoms with Crippen LogP contribution in [0.1, 0.15) is 5.56 Å². The van der Waals surface area contributed by atoms with Gasteiger partial charge in [-0.3, -0.25) is 0 Å².